The second-order valence-corrected chi connectivity index (χ2v) is 12.4. The summed E-state index contributed by atoms with van der Waals surface area (Å²) in [7, 11) is -3.63. The summed E-state index contributed by atoms with van der Waals surface area (Å²) in [5.74, 6) is -3.02. The number of fused-ring (bicyclic) bond motifs is 1. The van der Waals surface area contributed by atoms with E-state index in [1.54, 1.807) is 24.3 Å². The van der Waals surface area contributed by atoms with Crippen LogP contribution in [0.1, 0.15) is 64.7 Å². The first-order chi connectivity index (χ1) is 19.6. The fourth-order valence-electron chi connectivity index (χ4n) is 6.09. The molecular formula is C30H33F2N3O5S. The van der Waals surface area contributed by atoms with Gasteiger partial charge in [-0.25, -0.2) is 21.9 Å². The largest absolute Gasteiger partial charge is 0.376 e. The van der Waals surface area contributed by atoms with Crippen molar-refractivity contribution in [2.24, 2.45) is 0 Å². The Morgan fingerprint density at radius 2 is 1.71 bits per heavy atom. The number of carbonyl (C=O) groups is 1. The van der Waals surface area contributed by atoms with Gasteiger partial charge in [0, 0.05) is 29.3 Å². The Labute approximate surface area is 238 Å². The van der Waals surface area contributed by atoms with Gasteiger partial charge in [0.25, 0.3) is 5.91 Å². The van der Waals surface area contributed by atoms with Gasteiger partial charge in [-0.05, 0) is 36.1 Å². The molecule has 1 amide bonds. The summed E-state index contributed by atoms with van der Waals surface area (Å²) in [6.07, 6.45) is 2.05. The molecule has 3 aromatic carbocycles. The Morgan fingerprint density at radius 3 is 2.44 bits per heavy atom. The van der Waals surface area contributed by atoms with E-state index in [4.69, 9.17) is 4.84 Å². The highest BCUT2D eigenvalue weighted by Gasteiger charge is 2.49. The summed E-state index contributed by atoms with van der Waals surface area (Å²) in [6, 6.07) is 16.8. The summed E-state index contributed by atoms with van der Waals surface area (Å²) >= 11 is 0. The molecule has 5 rings (SSSR count). The number of rotatable bonds is 9. The van der Waals surface area contributed by atoms with Gasteiger partial charge in [-0.15, -0.1) is 0 Å². The minimum absolute atomic E-state index is 0.00633. The van der Waals surface area contributed by atoms with E-state index in [9.17, 15) is 22.7 Å². The monoisotopic (exact) mass is 585 g/mol. The normalized spacial score (nSPS) is 23.7. The van der Waals surface area contributed by atoms with Crippen LogP contribution in [0.25, 0.3) is 0 Å². The third-order valence-electron chi connectivity index (χ3n) is 7.78. The van der Waals surface area contributed by atoms with Gasteiger partial charge in [0.1, 0.15) is 17.9 Å². The molecule has 0 saturated heterocycles. The maximum Gasteiger partial charge on any atom is 0.254 e. The summed E-state index contributed by atoms with van der Waals surface area (Å²) in [6.45, 7) is 0.132. The Kier molecular flexibility index (Phi) is 8.81. The average Bonchev–Trinajstić information content (AvgIpc) is 2.93. The lowest BCUT2D eigenvalue weighted by atomic mass is 9.76. The molecule has 41 heavy (non-hydrogen) atoms. The van der Waals surface area contributed by atoms with Crippen LogP contribution in [0.4, 0.5) is 8.78 Å². The van der Waals surface area contributed by atoms with Crippen LogP contribution in [0.15, 0.2) is 72.8 Å². The molecule has 2 aliphatic rings. The fourth-order valence-corrected chi connectivity index (χ4v) is 6.91. The molecule has 3 N–H and O–H groups in total. The van der Waals surface area contributed by atoms with E-state index >= 15 is 4.39 Å². The highest BCUT2D eigenvalue weighted by atomic mass is 32.2. The number of amides is 1. The minimum Gasteiger partial charge on any atom is -0.376 e. The molecule has 0 bridgehead atoms. The molecule has 0 aromatic heterocycles. The Bertz CT molecular complexity index is 1490. The lowest BCUT2D eigenvalue weighted by Crippen LogP contribution is -2.59. The third-order valence-corrected chi connectivity index (χ3v) is 8.51. The average molecular weight is 586 g/mol. The zero-order valence-corrected chi connectivity index (χ0v) is 23.4. The van der Waals surface area contributed by atoms with Gasteiger partial charge >= 0.3 is 0 Å². The maximum absolute atomic E-state index is 15.5. The van der Waals surface area contributed by atoms with Gasteiger partial charge in [-0.1, -0.05) is 67.4 Å². The standard InChI is InChI=1S/C30H33F2N3O5S/c1-41(38,39)34-25-13-7-8-14-26(25)35-28(23-16-15-20(31)17-24(23)32)27(21-11-5-6-12-22(21)30(35)37)29(36)33-40-18-19-9-3-2-4-10-19/h2-6,9-12,15-17,25-29,33-34,36H,7-8,13-14,18H2,1H3/t25-,26-,27+,28-,29?/m0/s1. The van der Waals surface area contributed by atoms with E-state index in [1.807, 2.05) is 30.3 Å². The predicted octanol–water partition coefficient (Wildman–Crippen LogP) is 4.15. The molecule has 1 heterocycles. The molecule has 5 atom stereocenters. The smallest absolute Gasteiger partial charge is 0.254 e. The van der Waals surface area contributed by atoms with E-state index in [1.165, 1.54) is 11.0 Å². The van der Waals surface area contributed by atoms with Crippen molar-refractivity contribution in [3.63, 3.8) is 0 Å². The molecule has 0 spiro atoms. The van der Waals surface area contributed by atoms with E-state index in [2.05, 4.69) is 10.2 Å². The Balaban J connectivity index is 1.59. The molecule has 218 valence electrons. The summed E-state index contributed by atoms with van der Waals surface area (Å²) < 4.78 is 56.8. The molecule has 11 heteroatoms. The molecule has 1 aliphatic heterocycles. The van der Waals surface area contributed by atoms with E-state index in [0.717, 1.165) is 36.8 Å². The second kappa shape index (κ2) is 12.3. The topological polar surface area (TPSA) is 108 Å². The van der Waals surface area contributed by atoms with Crippen molar-refractivity contribution >= 4 is 15.9 Å². The van der Waals surface area contributed by atoms with Crippen molar-refractivity contribution in [2.75, 3.05) is 6.26 Å². The number of sulfonamides is 1. The van der Waals surface area contributed by atoms with E-state index in [-0.39, 0.29) is 12.2 Å². The van der Waals surface area contributed by atoms with Crippen LogP contribution in [-0.4, -0.2) is 48.9 Å². The highest BCUT2D eigenvalue weighted by Crippen LogP contribution is 2.47. The van der Waals surface area contributed by atoms with Gasteiger partial charge in [-0.3, -0.25) is 9.63 Å². The number of aliphatic hydroxyl groups excluding tert-OH is 1. The number of aliphatic hydroxyl groups is 1. The van der Waals surface area contributed by atoms with Crippen molar-refractivity contribution in [1.82, 2.24) is 15.1 Å². The molecule has 1 saturated carbocycles. The number of hydrogen-bond acceptors (Lipinski definition) is 6. The third kappa shape index (κ3) is 6.49. The van der Waals surface area contributed by atoms with Crippen molar-refractivity contribution in [3.8, 4) is 0 Å². The molecule has 1 fully saturated rings. The second-order valence-electron chi connectivity index (χ2n) is 10.6. The van der Waals surface area contributed by atoms with Gasteiger partial charge in [0.2, 0.25) is 10.0 Å². The number of hydrogen-bond donors (Lipinski definition) is 3. The maximum atomic E-state index is 15.5. The first kappa shape index (κ1) is 29.3. The number of halogens is 2. The molecule has 0 radical (unpaired) electrons. The minimum atomic E-state index is -3.63. The predicted molar refractivity (Wildman–Crippen MR) is 149 cm³/mol. The number of nitrogens with one attached hydrogen (secondary N) is 2. The lowest BCUT2D eigenvalue weighted by molar-refractivity contribution is -0.0900. The van der Waals surface area contributed by atoms with Gasteiger partial charge < -0.3 is 10.0 Å². The Morgan fingerprint density at radius 1 is 1.00 bits per heavy atom. The first-order valence-corrected chi connectivity index (χ1v) is 15.5. The van der Waals surface area contributed by atoms with Gasteiger partial charge in [-0.2, -0.15) is 5.48 Å². The fraction of sp³-hybridized carbons (Fsp3) is 0.367. The van der Waals surface area contributed by atoms with Crippen molar-refractivity contribution in [1.29, 1.82) is 0 Å². The molecule has 8 nitrogen and oxygen atoms in total. The van der Waals surface area contributed by atoms with Gasteiger partial charge in [0.05, 0.1) is 24.8 Å². The van der Waals surface area contributed by atoms with Crippen molar-refractivity contribution in [2.45, 2.75) is 62.6 Å². The molecule has 3 aromatic rings. The van der Waals surface area contributed by atoms with Crippen molar-refractivity contribution in [3.05, 3.63) is 107 Å². The summed E-state index contributed by atoms with van der Waals surface area (Å²) in [5, 5.41) is 11.5. The molecule has 1 unspecified atom stereocenters. The number of benzene rings is 3. The molecule has 1 aliphatic carbocycles. The van der Waals surface area contributed by atoms with Crippen LogP contribution >= 0.6 is 0 Å². The zero-order valence-electron chi connectivity index (χ0n) is 22.5. The summed E-state index contributed by atoms with van der Waals surface area (Å²) in [5.41, 5.74) is 4.30. The van der Waals surface area contributed by atoms with E-state index < -0.39 is 57.8 Å². The van der Waals surface area contributed by atoms with Crippen molar-refractivity contribution < 1.29 is 31.9 Å². The van der Waals surface area contributed by atoms with Crippen LogP contribution in [0.3, 0.4) is 0 Å². The lowest BCUT2D eigenvalue weighted by Gasteiger charge is -2.50. The van der Waals surface area contributed by atoms with E-state index in [0.29, 0.717) is 24.0 Å². The number of carbonyl (C=O) groups excluding carboxylic acids is 1. The van der Waals surface area contributed by atoms with Crippen LogP contribution in [-0.2, 0) is 21.5 Å². The Hall–Kier alpha value is -3.22. The summed E-state index contributed by atoms with van der Waals surface area (Å²) in [4.78, 5) is 21.3. The van der Waals surface area contributed by atoms with Gasteiger partial charge in [0.15, 0.2) is 0 Å². The number of hydroxylamine groups is 1. The van der Waals surface area contributed by atoms with Crippen LogP contribution in [0.5, 0.6) is 0 Å². The van der Waals surface area contributed by atoms with Crippen LogP contribution in [0.2, 0.25) is 0 Å². The quantitative estimate of drug-likeness (QED) is 0.257. The first-order valence-electron chi connectivity index (χ1n) is 13.6. The van der Waals surface area contributed by atoms with Crippen LogP contribution in [0, 0.1) is 11.6 Å². The zero-order chi connectivity index (χ0) is 29.1. The number of nitrogens with zero attached hydrogens (tertiary/aromatic N) is 1. The SMILES string of the molecule is CS(=O)(=O)N[C@H]1CCCC[C@@H]1N1C(=O)c2ccccc2[C@@H](C(O)NOCc2ccccc2)[C@@H]1c1ccc(F)cc1F. The highest BCUT2D eigenvalue weighted by molar-refractivity contribution is 7.88. The van der Waals surface area contributed by atoms with Crippen LogP contribution < -0.4 is 10.2 Å². The molecular weight excluding hydrogens is 552 g/mol.